The van der Waals surface area contributed by atoms with Gasteiger partial charge >= 0.3 is 0 Å². The van der Waals surface area contributed by atoms with Crippen LogP contribution in [0.5, 0.6) is 23.0 Å². The Balaban J connectivity index is 1.06. The zero-order valence-corrected chi connectivity index (χ0v) is 61.7. The van der Waals surface area contributed by atoms with Gasteiger partial charge in [-0.05, 0) is 177 Å². The highest BCUT2D eigenvalue weighted by atomic mass is 16.5. The third kappa shape index (κ3) is 10.7. The molecule has 0 atom stereocenters. The molecule has 16 aromatic rings. The van der Waals surface area contributed by atoms with Gasteiger partial charge in [0.15, 0.2) is 0 Å². The molecule has 4 aliphatic rings. The van der Waals surface area contributed by atoms with E-state index < -0.39 is 108 Å². The third-order valence-corrected chi connectivity index (χ3v) is 21.9. The molecule has 0 aliphatic carbocycles. The number of benzene rings is 15. The number of para-hydroxylation sites is 2. The monoisotopic (exact) mass is 1420 g/mol. The fourth-order valence-corrected chi connectivity index (χ4v) is 16.5. The second kappa shape index (κ2) is 25.0. The van der Waals surface area contributed by atoms with Gasteiger partial charge < -0.3 is 23.8 Å². The van der Waals surface area contributed by atoms with Gasteiger partial charge in [-0.25, -0.2) is 0 Å². The molecule has 20 rings (SSSR count). The summed E-state index contributed by atoms with van der Waals surface area (Å²) < 4.78 is 191. The average molecular weight is 1420 g/mol. The molecule has 1 aromatic heterocycles. The SMILES string of the molecule is [2H]c1c([2H])c(-c2ccccc2)c([2H])c2c1Oc1cc3c(c4c1B2c1c([2H])c(-c2ccccc2)c([2H])c([2H])c1O4)B1c2c(cc(C(C)(C)C)cc2N(c2c(-c4ccccc4)cc(C(C)(C)C)cc2-c2ccccc2)c2c([2H])c(-n4c5c([2H])c([2H])c([2H])c([2H])c5c5c([2H])c([2H])c([2H])c([2H])c54)c([2H])c([2H])c21)N3c1c(-c2ccccc2)cc(C(C)(C)C)cc1-c1ccccc1. The lowest BCUT2D eigenvalue weighted by Gasteiger charge is -2.48. The maximum Gasteiger partial charge on any atom is 0.260 e. The van der Waals surface area contributed by atoms with Crippen molar-refractivity contribution in [1.29, 1.82) is 0 Å². The minimum absolute atomic E-state index is 0.00677. The fourth-order valence-electron chi connectivity index (χ4n) is 16.5. The average Bonchev–Trinajstić information content (AvgIpc) is 0.698. The summed E-state index contributed by atoms with van der Waals surface area (Å²) in [6, 6.07) is 63.6. The topological polar surface area (TPSA) is 29.9 Å². The predicted octanol–water partition coefficient (Wildman–Crippen LogP) is 23.5. The van der Waals surface area contributed by atoms with Crippen molar-refractivity contribution in [1.82, 2.24) is 4.57 Å². The normalized spacial score (nSPS) is 15.4. The molecule has 0 saturated heterocycles. The summed E-state index contributed by atoms with van der Waals surface area (Å²) in [6.07, 6.45) is 0. The van der Waals surface area contributed by atoms with Crippen molar-refractivity contribution < 1.29 is 32.8 Å². The van der Waals surface area contributed by atoms with Crippen molar-refractivity contribution in [3.63, 3.8) is 0 Å². The summed E-state index contributed by atoms with van der Waals surface area (Å²) in [7, 11) is 0. The van der Waals surface area contributed by atoms with Gasteiger partial charge in [-0.2, -0.15) is 0 Å². The second-order valence-corrected chi connectivity index (χ2v) is 31.8. The van der Waals surface area contributed by atoms with Gasteiger partial charge in [0.1, 0.15) is 23.0 Å². The molecule has 5 heterocycles. The van der Waals surface area contributed by atoms with Gasteiger partial charge in [-0.15, -0.1) is 0 Å². The van der Waals surface area contributed by atoms with Gasteiger partial charge in [0.25, 0.3) is 13.4 Å². The van der Waals surface area contributed by atoms with E-state index in [9.17, 15) is 23.3 Å². The first kappa shape index (κ1) is 50.1. The number of ether oxygens (including phenoxy) is 2. The van der Waals surface area contributed by atoms with Crippen molar-refractivity contribution >= 4 is 102 Å². The zero-order valence-electron chi connectivity index (χ0n) is 78.7. The summed E-state index contributed by atoms with van der Waals surface area (Å²) in [5.74, 6) is -0.329. The Morgan fingerprint density at radius 3 is 1.10 bits per heavy atom. The Morgan fingerprint density at radius 1 is 0.303 bits per heavy atom. The van der Waals surface area contributed by atoms with Crippen LogP contribution in [0.15, 0.2) is 327 Å². The van der Waals surface area contributed by atoms with Crippen molar-refractivity contribution in [3.05, 3.63) is 344 Å². The molecular weight excluding hydrogens is 1320 g/mol. The van der Waals surface area contributed by atoms with Crippen molar-refractivity contribution in [2.24, 2.45) is 0 Å². The molecule has 4 aliphatic heterocycles. The van der Waals surface area contributed by atoms with E-state index in [1.54, 1.807) is 48.5 Å². The van der Waals surface area contributed by atoms with E-state index in [4.69, 9.17) is 9.47 Å². The van der Waals surface area contributed by atoms with Crippen LogP contribution >= 0.6 is 0 Å². The Bertz CT molecular complexity index is 7170. The van der Waals surface area contributed by atoms with Crippen LogP contribution in [0.1, 0.15) is 102 Å². The molecule has 522 valence electrons. The maximum atomic E-state index is 12.0. The minimum atomic E-state index is -1.43. The summed E-state index contributed by atoms with van der Waals surface area (Å²) in [4.78, 5) is 4.22. The Morgan fingerprint density at radius 2 is 0.679 bits per heavy atom. The molecular formula is C102H81B2N3O2. The van der Waals surface area contributed by atoms with Crippen molar-refractivity contribution in [2.45, 2.75) is 78.6 Å². The summed E-state index contributed by atoms with van der Waals surface area (Å²) in [5, 5.41) is -0.604. The van der Waals surface area contributed by atoms with Gasteiger partial charge in [-0.3, -0.25) is 0 Å². The van der Waals surface area contributed by atoms with E-state index in [2.05, 4.69) is 128 Å². The molecule has 0 saturated carbocycles. The number of rotatable bonds is 9. The van der Waals surface area contributed by atoms with E-state index in [-0.39, 0.29) is 119 Å². The number of aromatic nitrogens is 1. The fraction of sp³-hybridized carbons (Fsp3) is 0.118. The highest BCUT2D eigenvalue weighted by Gasteiger charge is 2.52. The largest absolute Gasteiger partial charge is 0.459 e. The first-order valence-electron chi connectivity index (χ1n) is 45.6. The molecule has 0 spiro atoms. The Hall–Kier alpha value is -12.6. The van der Waals surface area contributed by atoms with E-state index >= 15 is 0 Å². The number of hydrogen-bond donors (Lipinski definition) is 0. The highest BCUT2D eigenvalue weighted by Crippen LogP contribution is 2.57. The van der Waals surface area contributed by atoms with Crippen LogP contribution in [0, 0.1) is 0 Å². The molecule has 15 aromatic carbocycles. The van der Waals surface area contributed by atoms with Crippen LogP contribution in [0.25, 0.3) is 94.3 Å². The lowest BCUT2D eigenvalue weighted by molar-refractivity contribution is 0.467. The van der Waals surface area contributed by atoms with Gasteiger partial charge in [-0.1, -0.05) is 311 Å². The standard InChI is InChI=1S/C102H81B2N3O2/c1-100(2,3)72-56-78(66-36-20-12-21-37-66)97(79(57-72)67-38-22-13-23-39-67)106-87-62-75(105-85-46-30-28-44-76(85)77-45-29-31-47-86(77)105)50-51-82(87)104-94-88(106)60-74(102(7,8)9)61-89(94)107(98-80(68-40-24-14-25-41-68)58-73(101(4,5)6)59-81(98)69-42-26-15-27-43-69)90-63-93-96-99(95(90)104)109-92-53-49-71(65-34-18-11-19-35-65)55-84(92)103(96)83-54-70(48-52-91(83)108-93)64-32-16-10-17-33-64/h10-63H,1-9H3/i28D,29D,30D,31D,44D,45D,46D,47D,48D,49D,50D,51D,52D,53D,54D,55D,62D. The first-order chi connectivity index (χ1) is 60.1. The van der Waals surface area contributed by atoms with E-state index in [0.717, 1.165) is 50.1 Å². The number of fused-ring (bicyclic) bond motifs is 12. The number of nitrogens with zero attached hydrogens (tertiary/aromatic N) is 3. The molecule has 5 nitrogen and oxygen atoms in total. The van der Waals surface area contributed by atoms with Gasteiger partial charge in [0, 0.05) is 73.0 Å². The molecule has 0 bridgehead atoms. The van der Waals surface area contributed by atoms with Crippen LogP contribution in [-0.2, 0) is 16.2 Å². The van der Waals surface area contributed by atoms with Crippen molar-refractivity contribution in [2.75, 3.05) is 9.80 Å². The van der Waals surface area contributed by atoms with E-state index in [0.29, 0.717) is 56.2 Å². The minimum Gasteiger partial charge on any atom is -0.459 e. The highest BCUT2D eigenvalue weighted by molar-refractivity contribution is 7.03. The van der Waals surface area contributed by atoms with Crippen LogP contribution in [-0.4, -0.2) is 18.0 Å². The van der Waals surface area contributed by atoms with E-state index in [1.807, 2.05) is 120 Å². The molecule has 0 amide bonds. The van der Waals surface area contributed by atoms with Crippen molar-refractivity contribution in [3.8, 4) is 95.4 Å². The molecule has 7 heteroatoms. The maximum absolute atomic E-state index is 12.0. The summed E-state index contributed by atoms with van der Waals surface area (Å²) >= 11 is 0. The summed E-state index contributed by atoms with van der Waals surface area (Å²) in [6.45, 7) is 16.5. The van der Waals surface area contributed by atoms with E-state index in [1.165, 1.54) is 4.57 Å². The van der Waals surface area contributed by atoms with Gasteiger partial charge in [0.2, 0.25) is 0 Å². The molecule has 0 unspecified atom stereocenters. The van der Waals surface area contributed by atoms with Crippen LogP contribution < -0.4 is 52.1 Å². The zero-order chi connectivity index (χ0) is 88.6. The Labute approximate surface area is 664 Å². The molecule has 0 radical (unpaired) electrons. The molecule has 0 N–H and O–H groups in total. The number of anilines is 6. The quantitative estimate of drug-likeness (QED) is 0.135. The lowest BCUT2D eigenvalue weighted by Crippen LogP contribution is -2.65. The smallest absolute Gasteiger partial charge is 0.260 e. The number of hydrogen-bond acceptors (Lipinski definition) is 4. The van der Waals surface area contributed by atoms with Gasteiger partial charge in [0.05, 0.1) is 45.7 Å². The molecule has 109 heavy (non-hydrogen) atoms. The van der Waals surface area contributed by atoms with Crippen LogP contribution in [0.4, 0.5) is 34.1 Å². The predicted molar refractivity (Wildman–Crippen MR) is 461 cm³/mol. The second-order valence-electron chi connectivity index (χ2n) is 31.8. The Kier molecular flexibility index (Phi) is 11.5. The summed E-state index contributed by atoms with van der Waals surface area (Å²) in [5.41, 5.74) is 10.3. The third-order valence-electron chi connectivity index (χ3n) is 21.9. The molecule has 0 fully saturated rings. The van der Waals surface area contributed by atoms with Crippen LogP contribution in [0.3, 0.4) is 0 Å². The lowest BCUT2D eigenvalue weighted by atomic mass is 9.30. The first-order valence-corrected chi connectivity index (χ1v) is 37.1. The van der Waals surface area contributed by atoms with Crippen LogP contribution in [0.2, 0.25) is 0 Å².